The molecule has 0 spiro atoms. The van der Waals surface area contributed by atoms with E-state index in [2.05, 4.69) is 26.9 Å². The first kappa shape index (κ1) is 15.9. The number of aromatic amines is 1. The smallest absolute Gasteiger partial charge is 0.270 e. The number of hydrogen-bond acceptors (Lipinski definition) is 3. The number of methoxy groups -OCH3 is 1. The predicted molar refractivity (Wildman–Crippen MR) is 99.4 cm³/mol. The summed E-state index contributed by atoms with van der Waals surface area (Å²) in [5.74, 6) is 2.03. The molecule has 2 bridgehead atoms. The second-order valence-corrected chi connectivity index (χ2v) is 7.78. The number of nitrogens with one attached hydrogen (secondary N) is 1. The highest BCUT2D eigenvalue weighted by Crippen LogP contribution is 2.47. The molecule has 26 heavy (non-hydrogen) atoms. The highest BCUT2D eigenvalue weighted by atomic mass is 16.5. The molecular formula is C21H25N3O2. The molecule has 1 amide bonds. The third-order valence-corrected chi connectivity index (χ3v) is 6.63. The standard InChI is InChI=1S/C21H25N3O2/c1-26-16-6-4-14(5-7-16)17-13-24(21(25)18-3-2-10-22-18)19-15-8-11-23(12-9-15)20(17)19/h2-7,10,15,17,19-20,22H,8-9,11-13H2,1H3/t17-,19+,20+/m0/s1. The fourth-order valence-corrected chi connectivity index (χ4v) is 5.42. The molecule has 1 aromatic carbocycles. The zero-order valence-corrected chi connectivity index (χ0v) is 15.1. The molecule has 5 nitrogen and oxygen atoms in total. The zero-order chi connectivity index (χ0) is 17.7. The van der Waals surface area contributed by atoms with E-state index in [-0.39, 0.29) is 5.91 Å². The number of benzene rings is 1. The monoisotopic (exact) mass is 351 g/mol. The van der Waals surface area contributed by atoms with Crippen LogP contribution in [0.2, 0.25) is 0 Å². The molecule has 0 radical (unpaired) electrons. The van der Waals surface area contributed by atoms with Gasteiger partial charge in [-0.1, -0.05) is 12.1 Å². The number of fused-ring (bicyclic) bond motifs is 2. The van der Waals surface area contributed by atoms with Gasteiger partial charge < -0.3 is 14.6 Å². The van der Waals surface area contributed by atoms with Crippen LogP contribution in [0.25, 0.3) is 0 Å². The Hall–Kier alpha value is -2.27. The van der Waals surface area contributed by atoms with Crippen molar-refractivity contribution in [1.29, 1.82) is 0 Å². The maximum absolute atomic E-state index is 13.2. The number of hydrogen-bond donors (Lipinski definition) is 1. The van der Waals surface area contributed by atoms with Crippen LogP contribution < -0.4 is 4.74 Å². The van der Waals surface area contributed by atoms with E-state index < -0.39 is 0 Å². The van der Waals surface area contributed by atoms with E-state index in [1.54, 1.807) is 7.11 Å². The number of carbonyl (C=O) groups excluding carboxylic acids is 1. The van der Waals surface area contributed by atoms with Crippen LogP contribution in [-0.2, 0) is 0 Å². The third-order valence-electron chi connectivity index (χ3n) is 6.63. The number of amides is 1. The van der Waals surface area contributed by atoms with Gasteiger partial charge in [0.1, 0.15) is 11.4 Å². The summed E-state index contributed by atoms with van der Waals surface area (Å²) in [6, 6.07) is 13.0. The Balaban J connectivity index is 1.51. The van der Waals surface area contributed by atoms with E-state index in [1.165, 1.54) is 31.5 Å². The van der Waals surface area contributed by atoms with Crippen LogP contribution in [-0.4, -0.2) is 59.5 Å². The van der Waals surface area contributed by atoms with Gasteiger partial charge in [0.25, 0.3) is 5.91 Å². The van der Waals surface area contributed by atoms with Crippen LogP contribution in [0.3, 0.4) is 0 Å². The largest absolute Gasteiger partial charge is 0.497 e. The summed E-state index contributed by atoms with van der Waals surface area (Å²) >= 11 is 0. The fourth-order valence-electron chi connectivity index (χ4n) is 5.42. The topological polar surface area (TPSA) is 48.6 Å². The zero-order valence-electron chi connectivity index (χ0n) is 15.1. The summed E-state index contributed by atoms with van der Waals surface area (Å²) in [4.78, 5) is 21.1. The lowest BCUT2D eigenvalue weighted by molar-refractivity contribution is -0.00356. The average molecular weight is 351 g/mol. The highest BCUT2D eigenvalue weighted by molar-refractivity contribution is 5.93. The molecular weight excluding hydrogens is 326 g/mol. The lowest BCUT2D eigenvalue weighted by Gasteiger charge is -2.51. The summed E-state index contributed by atoms with van der Waals surface area (Å²) in [7, 11) is 1.70. The van der Waals surface area contributed by atoms with Crippen molar-refractivity contribution in [3.63, 3.8) is 0 Å². The van der Waals surface area contributed by atoms with Crippen molar-refractivity contribution in [2.24, 2.45) is 5.92 Å². The quantitative estimate of drug-likeness (QED) is 0.925. The minimum absolute atomic E-state index is 0.148. The second kappa shape index (κ2) is 6.16. The van der Waals surface area contributed by atoms with Crippen LogP contribution >= 0.6 is 0 Å². The van der Waals surface area contributed by atoms with Gasteiger partial charge in [0, 0.05) is 24.7 Å². The lowest BCUT2D eigenvalue weighted by Crippen LogP contribution is -2.60. The van der Waals surface area contributed by atoms with Crippen molar-refractivity contribution < 1.29 is 9.53 Å². The van der Waals surface area contributed by atoms with Crippen LogP contribution in [0, 0.1) is 5.92 Å². The van der Waals surface area contributed by atoms with Gasteiger partial charge >= 0.3 is 0 Å². The van der Waals surface area contributed by atoms with E-state index in [0.29, 0.717) is 29.6 Å². The molecule has 1 aromatic heterocycles. The maximum Gasteiger partial charge on any atom is 0.270 e. The molecule has 6 rings (SSSR count). The highest BCUT2D eigenvalue weighted by Gasteiger charge is 2.54. The SMILES string of the molecule is COc1ccc([C@@H]2CN(C(=O)c3ccc[nH]3)[C@@H]3C4CCN(CC4)[C@@H]32)cc1. The summed E-state index contributed by atoms with van der Waals surface area (Å²) in [5.41, 5.74) is 2.02. The molecule has 5 heterocycles. The number of likely N-dealkylation sites (tertiary alicyclic amines) is 1. The number of aromatic nitrogens is 1. The van der Waals surface area contributed by atoms with Gasteiger partial charge in [-0.2, -0.15) is 0 Å². The van der Waals surface area contributed by atoms with Crippen LogP contribution in [0.4, 0.5) is 0 Å². The summed E-state index contributed by atoms with van der Waals surface area (Å²) in [6.07, 6.45) is 4.26. The van der Waals surface area contributed by atoms with Gasteiger partial charge in [-0.3, -0.25) is 9.69 Å². The Labute approximate surface area is 153 Å². The Kier molecular flexibility index (Phi) is 3.78. The van der Waals surface area contributed by atoms with E-state index in [0.717, 1.165) is 12.3 Å². The molecule has 4 saturated heterocycles. The number of ether oxygens (including phenoxy) is 1. The van der Waals surface area contributed by atoms with Crippen molar-refractivity contribution in [3.05, 3.63) is 53.9 Å². The Morgan fingerprint density at radius 2 is 1.88 bits per heavy atom. The average Bonchev–Trinajstić information content (AvgIpc) is 3.38. The minimum Gasteiger partial charge on any atom is -0.497 e. The molecule has 0 saturated carbocycles. The number of piperidine rings is 3. The van der Waals surface area contributed by atoms with Crippen LogP contribution in [0.5, 0.6) is 5.75 Å². The predicted octanol–water partition coefficient (Wildman–Crippen LogP) is 2.73. The number of H-pyrrole nitrogens is 1. The van der Waals surface area contributed by atoms with E-state index in [4.69, 9.17) is 4.74 Å². The molecule has 2 aromatic rings. The number of rotatable bonds is 3. The van der Waals surface area contributed by atoms with Gasteiger partial charge in [0.15, 0.2) is 0 Å². The molecule has 136 valence electrons. The first-order valence-electron chi connectivity index (χ1n) is 9.58. The molecule has 0 unspecified atom stereocenters. The summed E-state index contributed by atoms with van der Waals surface area (Å²) in [6.45, 7) is 3.14. The van der Waals surface area contributed by atoms with Gasteiger partial charge in [0.05, 0.1) is 13.2 Å². The van der Waals surface area contributed by atoms with Gasteiger partial charge in [-0.25, -0.2) is 0 Å². The van der Waals surface area contributed by atoms with Crippen molar-refractivity contribution in [3.8, 4) is 5.75 Å². The van der Waals surface area contributed by atoms with E-state index in [1.807, 2.05) is 30.5 Å². The van der Waals surface area contributed by atoms with Gasteiger partial charge in [-0.05, 0) is 61.7 Å². The molecule has 4 fully saturated rings. The van der Waals surface area contributed by atoms with Crippen LogP contribution in [0.1, 0.15) is 34.8 Å². The third kappa shape index (κ3) is 2.37. The van der Waals surface area contributed by atoms with Crippen LogP contribution in [0.15, 0.2) is 42.6 Å². The van der Waals surface area contributed by atoms with Crippen molar-refractivity contribution in [2.45, 2.75) is 30.8 Å². The maximum atomic E-state index is 13.2. The van der Waals surface area contributed by atoms with Crippen molar-refractivity contribution in [1.82, 2.24) is 14.8 Å². The summed E-state index contributed by atoms with van der Waals surface area (Å²) < 4.78 is 5.32. The van der Waals surface area contributed by atoms with Gasteiger partial charge in [-0.15, -0.1) is 0 Å². The molecule has 1 N–H and O–H groups in total. The Morgan fingerprint density at radius 3 is 2.54 bits per heavy atom. The van der Waals surface area contributed by atoms with Crippen molar-refractivity contribution >= 4 is 5.91 Å². The molecule has 0 aliphatic carbocycles. The normalized spacial score (nSPS) is 32.5. The lowest BCUT2D eigenvalue weighted by atomic mass is 9.75. The molecule has 4 aliphatic rings. The first-order chi connectivity index (χ1) is 12.8. The second-order valence-electron chi connectivity index (χ2n) is 7.78. The Bertz CT molecular complexity index is 778. The van der Waals surface area contributed by atoms with E-state index in [9.17, 15) is 4.79 Å². The minimum atomic E-state index is 0.148. The van der Waals surface area contributed by atoms with E-state index >= 15 is 0 Å². The van der Waals surface area contributed by atoms with Gasteiger partial charge in [0.2, 0.25) is 0 Å². The molecule has 5 heteroatoms. The first-order valence-corrected chi connectivity index (χ1v) is 9.58. The summed E-state index contributed by atoms with van der Waals surface area (Å²) in [5, 5.41) is 0. The number of nitrogens with zero attached hydrogens (tertiary/aromatic N) is 2. The Morgan fingerprint density at radius 1 is 1.12 bits per heavy atom. The fraction of sp³-hybridized carbons (Fsp3) is 0.476. The number of carbonyl (C=O) groups is 1. The molecule has 4 aliphatic heterocycles. The molecule has 3 atom stereocenters. The van der Waals surface area contributed by atoms with Crippen molar-refractivity contribution in [2.75, 3.05) is 26.7 Å².